The summed E-state index contributed by atoms with van der Waals surface area (Å²) in [6.07, 6.45) is 5.05. The van der Waals surface area contributed by atoms with Crippen LogP contribution in [0.3, 0.4) is 0 Å². The van der Waals surface area contributed by atoms with E-state index in [1.54, 1.807) is 0 Å². The molecule has 0 radical (unpaired) electrons. The van der Waals surface area contributed by atoms with Gasteiger partial charge in [-0.15, -0.1) is 0 Å². The van der Waals surface area contributed by atoms with Crippen molar-refractivity contribution in [3.63, 3.8) is 0 Å². The maximum atomic E-state index is 12.1. The first kappa shape index (κ1) is 18.4. The number of ketones is 1. The first-order chi connectivity index (χ1) is 10.9. The molecule has 1 amide bonds. The van der Waals surface area contributed by atoms with Crippen LogP contribution in [-0.2, 0) is 9.59 Å². The maximum absolute atomic E-state index is 12.1. The van der Waals surface area contributed by atoms with Crippen molar-refractivity contribution in [1.29, 1.82) is 0 Å². The average molecular weight is 322 g/mol. The Balaban J connectivity index is 1.74. The van der Waals surface area contributed by atoms with E-state index in [0.717, 1.165) is 51.9 Å². The third-order valence-corrected chi connectivity index (χ3v) is 5.43. The molecule has 0 aromatic carbocycles. The Hall–Kier alpha value is -0.900. The third-order valence-electron chi connectivity index (χ3n) is 5.43. The Morgan fingerprint density at radius 1 is 0.913 bits per heavy atom. The predicted molar refractivity (Wildman–Crippen MR) is 93.2 cm³/mol. The standard InChI is InChI=1S/C19H34N2O2/c1-14(2)13-18(22)21-11-9-20(10-12-21)17-7-5-16(6-8-17)19(23)15(3)4/h14-17H,5-13H2,1-4H3/t16-,17+. The smallest absolute Gasteiger partial charge is 0.222 e. The normalized spacial score (nSPS) is 26.8. The number of Topliss-reactive ketones (excluding diaryl/α,β-unsaturated/α-hetero) is 1. The first-order valence-electron chi connectivity index (χ1n) is 9.44. The van der Waals surface area contributed by atoms with Crippen LogP contribution in [0.5, 0.6) is 0 Å². The second-order valence-corrected chi connectivity index (χ2v) is 8.08. The molecule has 0 aromatic heterocycles. The average Bonchev–Trinajstić information content (AvgIpc) is 2.53. The summed E-state index contributed by atoms with van der Waals surface area (Å²) in [5.74, 6) is 1.67. The molecule has 23 heavy (non-hydrogen) atoms. The molecule has 0 bridgehead atoms. The van der Waals surface area contributed by atoms with Crippen LogP contribution in [0.4, 0.5) is 0 Å². The Morgan fingerprint density at radius 3 is 1.96 bits per heavy atom. The van der Waals surface area contributed by atoms with E-state index in [0.29, 0.717) is 36.0 Å². The number of rotatable bonds is 5. The van der Waals surface area contributed by atoms with Crippen molar-refractivity contribution in [2.45, 2.75) is 65.8 Å². The lowest BCUT2D eigenvalue weighted by Gasteiger charge is -2.42. The summed E-state index contributed by atoms with van der Waals surface area (Å²) >= 11 is 0. The van der Waals surface area contributed by atoms with Crippen LogP contribution in [-0.4, -0.2) is 53.7 Å². The molecule has 0 aromatic rings. The lowest BCUT2D eigenvalue weighted by Crippen LogP contribution is -2.53. The van der Waals surface area contributed by atoms with E-state index in [4.69, 9.17) is 0 Å². The number of hydrogen-bond donors (Lipinski definition) is 0. The highest BCUT2D eigenvalue weighted by molar-refractivity contribution is 5.82. The zero-order valence-corrected chi connectivity index (χ0v) is 15.4. The first-order valence-corrected chi connectivity index (χ1v) is 9.44. The van der Waals surface area contributed by atoms with Gasteiger partial charge in [-0.05, 0) is 31.6 Å². The Kier molecular flexibility index (Phi) is 6.63. The minimum atomic E-state index is 0.173. The molecule has 1 saturated heterocycles. The van der Waals surface area contributed by atoms with Gasteiger partial charge in [0, 0.05) is 50.5 Å². The van der Waals surface area contributed by atoms with Gasteiger partial charge in [0.1, 0.15) is 5.78 Å². The number of carbonyl (C=O) groups is 2. The minimum absolute atomic E-state index is 0.173. The number of nitrogens with zero attached hydrogens (tertiary/aromatic N) is 2. The van der Waals surface area contributed by atoms with Gasteiger partial charge in [-0.25, -0.2) is 0 Å². The van der Waals surface area contributed by atoms with Gasteiger partial charge in [0.05, 0.1) is 0 Å². The summed E-state index contributed by atoms with van der Waals surface area (Å²) in [6.45, 7) is 12.0. The van der Waals surface area contributed by atoms with Crippen molar-refractivity contribution in [2.24, 2.45) is 17.8 Å². The summed E-state index contributed by atoms with van der Waals surface area (Å²) in [4.78, 5) is 28.9. The van der Waals surface area contributed by atoms with Crippen molar-refractivity contribution in [3.8, 4) is 0 Å². The van der Waals surface area contributed by atoms with Crippen LogP contribution >= 0.6 is 0 Å². The van der Waals surface area contributed by atoms with Gasteiger partial charge in [-0.1, -0.05) is 27.7 Å². The van der Waals surface area contributed by atoms with Gasteiger partial charge < -0.3 is 4.90 Å². The molecule has 0 N–H and O–H groups in total. The highest BCUT2D eigenvalue weighted by Crippen LogP contribution is 2.30. The second-order valence-electron chi connectivity index (χ2n) is 8.08. The molecule has 132 valence electrons. The number of hydrogen-bond acceptors (Lipinski definition) is 3. The molecule has 1 saturated carbocycles. The molecule has 1 aliphatic carbocycles. The Bertz CT molecular complexity index is 404. The molecule has 0 spiro atoms. The zero-order valence-electron chi connectivity index (χ0n) is 15.4. The second kappa shape index (κ2) is 8.27. The molecular formula is C19H34N2O2. The van der Waals surface area contributed by atoms with Crippen LogP contribution in [0.2, 0.25) is 0 Å². The van der Waals surface area contributed by atoms with Gasteiger partial charge in [0.2, 0.25) is 5.91 Å². The van der Waals surface area contributed by atoms with E-state index >= 15 is 0 Å². The summed E-state index contributed by atoms with van der Waals surface area (Å²) in [5.41, 5.74) is 0. The van der Waals surface area contributed by atoms with Crippen molar-refractivity contribution in [2.75, 3.05) is 26.2 Å². The molecule has 1 heterocycles. The van der Waals surface area contributed by atoms with Crippen LogP contribution < -0.4 is 0 Å². The number of amides is 1. The lowest BCUT2D eigenvalue weighted by molar-refractivity contribution is -0.134. The van der Waals surface area contributed by atoms with Gasteiger partial charge >= 0.3 is 0 Å². The Labute approximate surface area is 141 Å². The van der Waals surface area contributed by atoms with Gasteiger partial charge in [0.15, 0.2) is 0 Å². The fourth-order valence-corrected chi connectivity index (χ4v) is 4.01. The minimum Gasteiger partial charge on any atom is -0.340 e. The van der Waals surface area contributed by atoms with Gasteiger partial charge in [-0.2, -0.15) is 0 Å². The molecular weight excluding hydrogens is 288 g/mol. The molecule has 0 atom stereocenters. The number of piperazine rings is 1. The molecule has 4 heteroatoms. The van der Waals surface area contributed by atoms with Crippen LogP contribution in [0.1, 0.15) is 59.8 Å². The van der Waals surface area contributed by atoms with E-state index in [9.17, 15) is 9.59 Å². The quantitative estimate of drug-likeness (QED) is 0.781. The predicted octanol–water partition coefficient (Wildman–Crippen LogP) is 2.96. The van der Waals surface area contributed by atoms with E-state index < -0.39 is 0 Å². The largest absolute Gasteiger partial charge is 0.340 e. The maximum Gasteiger partial charge on any atom is 0.222 e. The molecule has 4 nitrogen and oxygen atoms in total. The molecule has 0 unspecified atom stereocenters. The lowest BCUT2D eigenvalue weighted by atomic mass is 9.80. The number of carbonyl (C=O) groups excluding carboxylic acids is 2. The fourth-order valence-electron chi connectivity index (χ4n) is 4.01. The van der Waals surface area contributed by atoms with E-state index in [-0.39, 0.29) is 5.92 Å². The van der Waals surface area contributed by atoms with Crippen molar-refractivity contribution in [1.82, 2.24) is 9.80 Å². The van der Waals surface area contributed by atoms with Gasteiger partial charge in [-0.3, -0.25) is 14.5 Å². The van der Waals surface area contributed by atoms with E-state index in [1.807, 2.05) is 18.7 Å². The molecule has 2 rings (SSSR count). The molecule has 2 aliphatic rings. The fraction of sp³-hybridized carbons (Fsp3) is 0.895. The summed E-state index contributed by atoms with van der Waals surface area (Å²) < 4.78 is 0. The van der Waals surface area contributed by atoms with E-state index in [1.165, 1.54) is 0 Å². The van der Waals surface area contributed by atoms with Crippen LogP contribution in [0.15, 0.2) is 0 Å². The van der Waals surface area contributed by atoms with Crippen molar-refractivity contribution >= 4 is 11.7 Å². The summed E-state index contributed by atoms with van der Waals surface area (Å²) in [7, 11) is 0. The summed E-state index contributed by atoms with van der Waals surface area (Å²) in [6, 6.07) is 0.619. The summed E-state index contributed by atoms with van der Waals surface area (Å²) in [5, 5.41) is 0. The highest BCUT2D eigenvalue weighted by Gasteiger charge is 2.32. The van der Waals surface area contributed by atoms with Crippen molar-refractivity contribution < 1.29 is 9.59 Å². The van der Waals surface area contributed by atoms with Crippen molar-refractivity contribution in [3.05, 3.63) is 0 Å². The topological polar surface area (TPSA) is 40.6 Å². The van der Waals surface area contributed by atoms with Crippen LogP contribution in [0.25, 0.3) is 0 Å². The molecule has 1 aliphatic heterocycles. The molecule has 2 fully saturated rings. The third kappa shape index (κ3) is 5.03. The monoisotopic (exact) mass is 322 g/mol. The van der Waals surface area contributed by atoms with E-state index in [2.05, 4.69) is 18.7 Å². The Morgan fingerprint density at radius 2 is 1.48 bits per heavy atom. The highest BCUT2D eigenvalue weighted by atomic mass is 16.2. The van der Waals surface area contributed by atoms with Crippen LogP contribution in [0, 0.1) is 17.8 Å². The zero-order chi connectivity index (χ0) is 17.0. The SMILES string of the molecule is CC(C)CC(=O)N1CCN([C@H]2CC[C@@H](C(=O)C(C)C)CC2)CC1. The van der Waals surface area contributed by atoms with Gasteiger partial charge in [0.25, 0.3) is 0 Å².